The van der Waals surface area contributed by atoms with Gasteiger partial charge in [-0.05, 0) is 32.7 Å². The molecule has 0 aliphatic carbocycles. The molecule has 0 aromatic carbocycles. The lowest BCUT2D eigenvalue weighted by atomic mass is 9.89. The Morgan fingerprint density at radius 3 is 2.60 bits per heavy atom. The zero-order valence-electron chi connectivity index (χ0n) is 10.8. The van der Waals surface area contributed by atoms with Gasteiger partial charge < -0.3 is 5.32 Å². The highest BCUT2D eigenvalue weighted by atomic mass is 15.0. The van der Waals surface area contributed by atoms with Crippen LogP contribution in [0, 0.1) is 0 Å². The maximum absolute atomic E-state index is 3.75. The van der Waals surface area contributed by atoms with E-state index in [-0.39, 0.29) is 0 Å². The van der Waals surface area contributed by atoms with E-state index >= 15 is 0 Å². The Bertz CT molecular complexity index is 145. The maximum Gasteiger partial charge on any atom is 0.0153 e. The number of hydrogen-bond acceptors (Lipinski definition) is 1. The fraction of sp³-hybridized carbons (Fsp3) is 1.00. The van der Waals surface area contributed by atoms with Crippen LogP contribution in [0.3, 0.4) is 0 Å². The van der Waals surface area contributed by atoms with E-state index in [1.54, 1.807) is 0 Å². The molecule has 1 fully saturated rings. The first kappa shape index (κ1) is 13.0. The minimum Gasteiger partial charge on any atom is -0.312 e. The normalized spacial score (nSPS) is 27.6. The SMILES string of the molecule is CCCCCCCC1(C)CCCCCN1. The molecule has 1 unspecified atom stereocenters. The molecule has 1 N–H and O–H groups in total. The van der Waals surface area contributed by atoms with E-state index in [2.05, 4.69) is 19.2 Å². The molecule has 90 valence electrons. The van der Waals surface area contributed by atoms with Gasteiger partial charge in [-0.15, -0.1) is 0 Å². The van der Waals surface area contributed by atoms with Crippen LogP contribution in [0.1, 0.15) is 78.1 Å². The number of unbranched alkanes of at least 4 members (excludes halogenated alkanes) is 4. The van der Waals surface area contributed by atoms with Crippen molar-refractivity contribution in [1.82, 2.24) is 5.32 Å². The van der Waals surface area contributed by atoms with E-state index in [4.69, 9.17) is 0 Å². The van der Waals surface area contributed by atoms with Crippen LogP contribution in [0.5, 0.6) is 0 Å². The first-order valence-electron chi connectivity index (χ1n) is 7.02. The average Bonchev–Trinajstić information content (AvgIpc) is 2.43. The third-order valence-corrected chi connectivity index (χ3v) is 3.79. The van der Waals surface area contributed by atoms with E-state index < -0.39 is 0 Å². The quantitative estimate of drug-likeness (QED) is 0.647. The molecule has 0 saturated carbocycles. The van der Waals surface area contributed by atoms with Crippen LogP contribution < -0.4 is 5.32 Å². The first-order valence-corrected chi connectivity index (χ1v) is 7.02. The number of rotatable bonds is 6. The fourth-order valence-corrected chi connectivity index (χ4v) is 2.63. The summed E-state index contributed by atoms with van der Waals surface area (Å²) in [5, 5.41) is 3.75. The van der Waals surface area contributed by atoms with Crippen molar-refractivity contribution in [2.24, 2.45) is 0 Å². The highest BCUT2D eigenvalue weighted by molar-refractivity contribution is 4.84. The van der Waals surface area contributed by atoms with Gasteiger partial charge in [0.05, 0.1) is 0 Å². The van der Waals surface area contributed by atoms with Crippen molar-refractivity contribution in [1.29, 1.82) is 0 Å². The Kier molecular flexibility index (Phi) is 6.31. The Morgan fingerprint density at radius 2 is 1.80 bits per heavy atom. The third-order valence-electron chi connectivity index (χ3n) is 3.79. The van der Waals surface area contributed by atoms with Crippen LogP contribution in [0.4, 0.5) is 0 Å². The van der Waals surface area contributed by atoms with E-state index in [1.165, 1.54) is 70.8 Å². The third kappa shape index (κ3) is 5.55. The first-order chi connectivity index (χ1) is 7.27. The summed E-state index contributed by atoms with van der Waals surface area (Å²) in [5.74, 6) is 0. The smallest absolute Gasteiger partial charge is 0.0153 e. The molecule has 0 bridgehead atoms. The molecule has 1 atom stereocenters. The molecule has 1 heterocycles. The summed E-state index contributed by atoms with van der Waals surface area (Å²) >= 11 is 0. The van der Waals surface area contributed by atoms with Crippen LogP contribution in [-0.2, 0) is 0 Å². The molecule has 15 heavy (non-hydrogen) atoms. The number of hydrogen-bond donors (Lipinski definition) is 1. The summed E-state index contributed by atoms with van der Waals surface area (Å²) in [4.78, 5) is 0. The second-order valence-electron chi connectivity index (χ2n) is 5.46. The van der Waals surface area contributed by atoms with Gasteiger partial charge in [-0.3, -0.25) is 0 Å². The molecule has 0 radical (unpaired) electrons. The zero-order chi connectivity index (χ0) is 11.0. The molecule has 1 rings (SSSR count). The van der Waals surface area contributed by atoms with E-state index in [9.17, 15) is 0 Å². The molecular weight excluding hydrogens is 182 g/mol. The fourth-order valence-electron chi connectivity index (χ4n) is 2.63. The molecule has 1 aliphatic rings. The zero-order valence-corrected chi connectivity index (χ0v) is 10.8. The van der Waals surface area contributed by atoms with E-state index in [1.807, 2.05) is 0 Å². The lowest BCUT2D eigenvalue weighted by Gasteiger charge is -2.29. The Labute approximate surface area is 96.0 Å². The Hall–Kier alpha value is -0.0400. The van der Waals surface area contributed by atoms with Gasteiger partial charge in [-0.25, -0.2) is 0 Å². The maximum atomic E-state index is 3.75. The number of nitrogens with one attached hydrogen (secondary N) is 1. The van der Waals surface area contributed by atoms with Crippen LogP contribution in [-0.4, -0.2) is 12.1 Å². The molecule has 1 heteroatoms. The standard InChI is InChI=1S/C14H29N/c1-3-4-5-6-8-11-14(2)12-9-7-10-13-15-14/h15H,3-13H2,1-2H3. The van der Waals surface area contributed by atoms with Gasteiger partial charge in [-0.2, -0.15) is 0 Å². The van der Waals surface area contributed by atoms with Gasteiger partial charge in [-0.1, -0.05) is 51.9 Å². The Morgan fingerprint density at radius 1 is 1.00 bits per heavy atom. The minimum atomic E-state index is 0.461. The second kappa shape index (κ2) is 7.27. The van der Waals surface area contributed by atoms with Crippen molar-refractivity contribution < 1.29 is 0 Å². The summed E-state index contributed by atoms with van der Waals surface area (Å²) in [6.45, 7) is 5.96. The predicted molar refractivity (Wildman–Crippen MR) is 68.3 cm³/mol. The van der Waals surface area contributed by atoms with Gasteiger partial charge in [0.25, 0.3) is 0 Å². The van der Waals surface area contributed by atoms with Crippen LogP contribution in [0.15, 0.2) is 0 Å². The Balaban J connectivity index is 2.11. The largest absolute Gasteiger partial charge is 0.312 e. The molecular formula is C14H29N. The van der Waals surface area contributed by atoms with E-state index in [0.29, 0.717) is 5.54 Å². The molecule has 1 aliphatic heterocycles. The summed E-state index contributed by atoms with van der Waals surface area (Å²) in [5.41, 5.74) is 0.461. The predicted octanol–water partition coefficient (Wildman–Crippen LogP) is 4.27. The van der Waals surface area contributed by atoms with Gasteiger partial charge in [0.15, 0.2) is 0 Å². The van der Waals surface area contributed by atoms with Crippen molar-refractivity contribution in [3.8, 4) is 0 Å². The van der Waals surface area contributed by atoms with E-state index in [0.717, 1.165) is 0 Å². The average molecular weight is 211 g/mol. The summed E-state index contributed by atoms with van der Waals surface area (Å²) < 4.78 is 0. The van der Waals surface area contributed by atoms with Crippen molar-refractivity contribution in [2.75, 3.05) is 6.54 Å². The van der Waals surface area contributed by atoms with Crippen molar-refractivity contribution in [2.45, 2.75) is 83.6 Å². The second-order valence-corrected chi connectivity index (χ2v) is 5.46. The summed E-state index contributed by atoms with van der Waals surface area (Å²) in [6.07, 6.45) is 14.1. The minimum absolute atomic E-state index is 0.461. The molecule has 0 amide bonds. The van der Waals surface area contributed by atoms with Crippen LogP contribution in [0.2, 0.25) is 0 Å². The van der Waals surface area contributed by atoms with Crippen LogP contribution >= 0.6 is 0 Å². The van der Waals surface area contributed by atoms with Gasteiger partial charge in [0.2, 0.25) is 0 Å². The summed E-state index contributed by atoms with van der Waals surface area (Å²) in [7, 11) is 0. The highest BCUT2D eigenvalue weighted by Gasteiger charge is 2.23. The molecule has 1 saturated heterocycles. The lowest BCUT2D eigenvalue weighted by molar-refractivity contribution is 0.311. The van der Waals surface area contributed by atoms with Crippen LogP contribution in [0.25, 0.3) is 0 Å². The van der Waals surface area contributed by atoms with Gasteiger partial charge in [0.1, 0.15) is 0 Å². The molecule has 1 nitrogen and oxygen atoms in total. The topological polar surface area (TPSA) is 12.0 Å². The molecule has 0 spiro atoms. The lowest BCUT2D eigenvalue weighted by Crippen LogP contribution is -2.41. The van der Waals surface area contributed by atoms with Gasteiger partial charge in [0, 0.05) is 5.54 Å². The molecule has 0 aromatic heterocycles. The van der Waals surface area contributed by atoms with Crippen molar-refractivity contribution >= 4 is 0 Å². The summed E-state index contributed by atoms with van der Waals surface area (Å²) in [6, 6.07) is 0. The monoisotopic (exact) mass is 211 g/mol. The highest BCUT2D eigenvalue weighted by Crippen LogP contribution is 2.24. The van der Waals surface area contributed by atoms with Crippen molar-refractivity contribution in [3.05, 3.63) is 0 Å². The van der Waals surface area contributed by atoms with Gasteiger partial charge >= 0.3 is 0 Å². The van der Waals surface area contributed by atoms with Crippen molar-refractivity contribution in [3.63, 3.8) is 0 Å². The molecule has 0 aromatic rings.